The SMILES string of the molecule is COCCn1ccnc1Nc1cc(Br)ccc1OC. The van der Waals surface area contributed by atoms with E-state index in [1.807, 2.05) is 29.0 Å². The highest BCUT2D eigenvalue weighted by molar-refractivity contribution is 9.10. The van der Waals surface area contributed by atoms with Gasteiger partial charge in [-0.05, 0) is 18.2 Å². The van der Waals surface area contributed by atoms with Gasteiger partial charge in [0.05, 0.1) is 19.4 Å². The molecule has 6 heteroatoms. The number of halogens is 1. The zero-order chi connectivity index (χ0) is 13.7. The van der Waals surface area contributed by atoms with Crippen molar-refractivity contribution in [2.75, 3.05) is 26.1 Å². The van der Waals surface area contributed by atoms with Gasteiger partial charge in [0.25, 0.3) is 0 Å². The molecule has 1 aromatic heterocycles. The van der Waals surface area contributed by atoms with Crippen molar-refractivity contribution in [3.05, 3.63) is 35.1 Å². The van der Waals surface area contributed by atoms with E-state index in [1.165, 1.54) is 0 Å². The van der Waals surface area contributed by atoms with Crippen LogP contribution in [0.1, 0.15) is 0 Å². The second kappa shape index (κ2) is 6.58. The van der Waals surface area contributed by atoms with E-state index in [2.05, 4.69) is 26.2 Å². The monoisotopic (exact) mass is 325 g/mol. The molecule has 0 unspecified atom stereocenters. The normalized spacial score (nSPS) is 10.5. The van der Waals surface area contributed by atoms with Gasteiger partial charge in [-0.3, -0.25) is 0 Å². The highest BCUT2D eigenvalue weighted by Gasteiger charge is 2.08. The van der Waals surface area contributed by atoms with Gasteiger partial charge in [0.1, 0.15) is 5.75 Å². The van der Waals surface area contributed by atoms with Crippen LogP contribution in [0.4, 0.5) is 11.6 Å². The third kappa shape index (κ3) is 3.48. The lowest BCUT2D eigenvalue weighted by molar-refractivity contribution is 0.188. The Labute approximate surface area is 120 Å². The molecule has 5 nitrogen and oxygen atoms in total. The minimum Gasteiger partial charge on any atom is -0.495 e. The molecule has 0 saturated heterocycles. The number of ether oxygens (including phenoxy) is 2. The molecule has 0 aliphatic rings. The van der Waals surface area contributed by atoms with E-state index in [1.54, 1.807) is 20.4 Å². The van der Waals surface area contributed by atoms with E-state index in [0.717, 1.165) is 28.4 Å². The second-order valence-corrected chi connectivity index (χ2v) is 4.82. The van der Waals surface area contributed by atoms with Crippen LogP contribution in [-0.2, 0) is 11.3 Å². The van der Waals surface area contributed by atoms with E-state index >= 15 is 0 Å². The quantitative estimate of drug-likeness (QED) is 0.886. The van der Waals surface area contributed by atoms with Crippen LogP contribution in [0, 0.1) is 0 Å². The lowest BCUT2D eigenvalue weighted by atomic mass is 10.3. The van der Waals surface area contributed by atoms with Gasteiger partial charge in [-0.2, -0.15) is 0 Å². The average molecular weight is 326 g/mol. The van der Waals surface area contributed by atoms with Crippen molar-refractivity contribution in [2.24, 2.45) is 0 Å². The van der Waals surface area contributed by atoms with E-state index in [0.29, 0.717) is 6.61 Å². The maximum Gasteiger partial charge on any atom is 0.207 e. The van der Waals surface area contributed by atoms with Gasteiger partial charge in [0.2, 0.25) is 5.95 Å². The Kier molecular flexibility index (Phi) is 4.81. The number of methoxy groups -OCH3 is 2. The van der Waals surface area contributed by atoms with Gasteiger partial charge in [-0.15, -0.1) is 0 Å². The minimum absolute atomic E-state index is 0.640. The van der Waals surface area contributed by atoms with Gasteiger partial charge < -0.3 is 19.4 Å². The number of hydrogen-bond acceptors (Lipinski definition) is 4. The lowest BCUT2D eigenvalue weighted by Crippen LogP contribution is -2.07. The van der Waals surface area contributed by atoms with Crippen molar-refractivity contribution >= 4 is 27.6 Å². The highest BCUT2D eigenvalue weighted by Crippen LogP contribution is 2.30. The third-order valence-electron chi connectivity index (χ3n) is 2.66. The maximum absolute atomic E-state index is 5.33. The largest absolute Gasteiger partial charge is 0.495 e. The van der Waals surface area contributed by atoms with Crippen LogP contribution in [0.15, 0.2) is 35.1 Å². The number of rotatable bonds is 6. The molecule has 1 aromatic carbocycles. The third-order valence-corrected chi connectivity index (χ3v) is 3.15. The number of imidazole rings is 1. The van der Waals surface area contributed by atoms with Crippen LogP contribution in [0.5, 0.6) is 5.75 Å². The van der Waals surface area contributed by atoms with Crippen molar-refractivity contribution in [3.8, 4) is 5.75 Å². The molecule has 0 fully saturated rings. The first-order valence-electron chi connectivity index (χ1n) is 5.85. The summed E-state index contributed by atoms with van der Waals surface area (Å²) in [7, 11) is 3.33. The number of benzene rings is 1. The highest BCUT2D eigenvalue weighted by atomic mass is 79.9. The number of aromatic nitrogens is 2. The molecular formula is C13H16BrN3O2. The van der Waals surface area contributed by atoms with E-state index in [4.69, 9.17) is 9.47 Å². The van der Waals surface area contributed by atoms with Crippen molar-refractivity contribution < 1.29 is 9.47 Å². The number of hydrogen-bond donors (Lipinski definition) is 1. The molecule has 0 atom stereocenters. The molecule has 1 heterocycles. The average Bonchev–Trinajstić information content (AvgIpc) is 2.84. The molecule has 102 valence electrons. The Hall–Kier alpha value is -1.53. The molecule has 0 spiro atoms. The van der Waals surface area contributed by atoms with E-state index in [9.17, 15) is 0 Å². The lowest BCUT2D eigenvalue weighted by Gasteiger charge is -2.12. The molecular weight excluding hydrogens is 310 g/mol. The smallest absolute Gasteiger partial charge is 0.207 e. The molecule has 0 amide bonds. The fourth-order valence-corrected chi connectivity index (χ4v) is 2.06. The molecule has 0 aliphatic heterocycles. The molecule has 0 radical (unpaired) electrons. The Bertz CT molecular complexity index is 542. The van der Waals surface area contributed by atoms with E-state index < -0.39 is 0 Å². The minimum atomic E-state index is 0.640. The Balaban J connectivity index is 2.21. The molecule has 1 N–H and O–H groups in total. The van der Waals surface area contributed by atoms with Crippen molar-refractivity contribution in [2.45, 2.75) is 6.54 Å². The van der Waals surface area contributed by atoms with E-state index in [-0.39, 0.29) is 0 Å². The molecule has 2 rings (SSSR count). The summed E-state index contributed by atoms with van der Waals surface area (Å²) in [5, 5.41) is 3.26. The predicted molar refractivity (Wildman–Crippen MR) is 78.1 cm³/mol. The molecule has 2 aromatic rings. The first-order chi connectivity index (χ1) is 9.24. The van der Waals surface area contributed by atoms with Crippen molar-refractivity contribution in [3.63, 3.8) is 0 Å². The zero-order valence-corrected chi connectivity index (χ0v) is 12.5. The van der Waals surface area contributed by atoms with Gasteiger partial charge >= 0.3 is 0 Å². The van der Waals surface area contributed by atoms with Crippen molar-refractivity contribution in [1.29, 1.82) is 0 Å². The summed E-state index contributed by atoms with van der Waals surface area (Å²) in [5.41, 5.74) is 0.863. The van der Waals surface area contributed by atoms with Crippen LogP contribution in [0.2, 0.25) is 0 Å². The molecule has 0 bridgehead atoms. The maximum atomic E-state index is 5.33. The summed E-state index contributed by atoms with van der Waals surface area (Å²) < 4.78 is 13.4. The van der Waals surface area contributed by atoms with Crippen LogP contribution >= 0.6 is 15.9 Å². The van der Waals surface area contributed by atoms with Crippen LogP contribution in [0.25, 0.3) is 0 Å². The molecule has 0 saturated carbocycles. The van der Waals surface area contributed by atoms with Crippen LogP contribution < -0.4 is 10.1 Å². The Morgan fingerprint density at radius 2 is 2.21 bits per heavy atom. The number of anilines is 2. The van der Waals surface area contributed by atoms with Crippen LogP contribution in [-0.4, -0.2) is 30.4 Å². The number of nitrogens with one attached hydrogen (secondary N) is 1. The summed E-state index contributed by atoms with van der Waals surface area (Å²) in [6, 6.07) is 5.78. The number of nitrogens with zero attached hydrogens (tertiary/aromatic N) is 2. The fourth-order valence-electron chi connectivity index (χ4n) is 1.70. The molecule has 0 aliphatic carbocycles. The predicted octanol–water partition coefficient (Wildman–Crippen LogP) is 3.04. The Morgan fingerprint density at radius 1 is 1.37 bits per heavy atom. The van der Waals surface area contributed by atoms with Crippen LogP contribution in [0.3, 0.4) is 0 Å². The van der Waals surface area contributed by atoms with Gasteiger partial charge in [-0.1, -0.05) is 15.9 Å². The summed E-state index contributed by atoms with van der Waals surface area (Å²) in [5.74, 6) is 1.53. The zero-order valence-electron chi connectivity index (χ0n) is 10.9. The van der Waals surface area contributed by atoms with Gasteiger partial charge in [-0.25, -0.2) is 4.98 Å². The summed E-state index contributed by atoms with van der Waals surface area (Å²) in [4.78, 5) is 4.29. The summed E-state index contributed by atoms with van der Waals surface area (Å²) in [6.45, 7) is 1.38. The Morgan fingerprint density at radius 3 is 2.95 bits per heavy atom. The topological polar surface area (TPSA) is 48.3 Å². The first-order valence-corrected chi connectivity index (χ1v) is 6.64. The van der Waals surface area contributed by atoms with Gasteiger partial charge in [0.15, 0.2) is 0 Å². The second-order valence-electron chi connectivity index (χ2n) is 3.91. The summed E-state index contributed by atoms with van der Waals surface area (Å²) >= 11 is 3.45. The van der Waals surface area contributed by atoms with Crippen molar-refractivity contribution in [1.82, 2.24) is 9.55 Å². The molecule has 19 heavy (non-hydrogen) atoms. The first kappa shape index (κ1) is 13.9. The summed E-state index contributed by atoms with van der Waals surface area (Å²) in [6.07, 6.45) is 3.66. The standard InChI is InChI=1S/C13H16BrN3O2/c1-18-8-7-17-6-5-15-13(17)16-11-9-10(14)3-4-12(11)19-2/h3-6,9H,7-8H2,1-2H3,(H,15,16). The fraction of sp³-hybridized carbons (Fsp3) is 0.308. The van der Waals surface area contributed by atoms with Gasteiger partial charge in [0, 0.05) is 30.5 Å².